The van der Waals surface area contributed by atoms with Crippen molar-refractivity contribution in [1.82, 2.24) is 5.32 Å². The lowest BCUT2D eigenvalue weighted by Crippen LogP contribution is -2.48. The van der Waals surface area contributed by atoms with E-state index < -0.39 is 0 Å². The molecular weight excluding hydrogens is 180 g/mol. The Balaban J connectivity index is 2.61. The van der Waals surface area contributed by atoms with Crippen LogP contribution in [0.5, 0.6) is 0 Å². The maximum Gasteiger partial charge on any atom is 0.220 e. The van der Waals surface area contributed by atoms with Crippen molar-refractivity contribution in [2.75, 3.05) is 0 Å². The zero-order valence-electron chi connectivity index (χ0n) is 8.64. The van der Waals surface area contributed by atoms with Crippen molar-refractivity contribution in [3.63, 3.8) is 0 Å². The summed E-state index contributed by atoms with van der Waals surface area (Å²) in [5.74, 6) is -0.323. The molecule has 0 spiro atoms. The highest BCUT2D eigenvalue weighted by atomic mass is 16.2. The zero-order chi connectivity index (χ0) is 10.6. The van der Waals surface area contributed by atoms with Gasteiger partial charge in [-0.25, -0.2) is 0 Å². The second-order valence-corrected chi connectivity index (χ2v) is 4.03. The van der Waals surface area contributed by atoms with E-state index in [0.717, 1.165) is 25.7 Å². The molecule has 0 heterocycles. The normalized spacial score (nSPS) is 19.2. The molecule has 0 aromatic carbocycles. The van der Waals surface area contributed by atoms with Gasteiger partial charge in [0.25, 0.3) is 0 Å². The van der Waals surface area contributed by atoms with E-state index in [0.29, 0.717) is 6.42 Å². The van der Waals surface area contributed by atoms with Gasteiger partial charge in [-0.1, -0.05) is 19.8 Å². The predicted molar refractivity (Wildman–Crippen MR) is 53.4 cm³/mol. The summed E-state index contributed by atoms with van der Waals surface area (Å²) < 4.78 is 0. The third-order valence-electron chi connectivity index (χ3n) is 2.80. The Bertz CT molecular complexity index is 232. The van der Waals surface area contributed by atoms with Crippen LogP contribution in [-0.2, 0) is 9.59 Å². The molecule has 0 saturated heterocycles. The minimum absolute atomic E-state index is 0.00755. The van der Waals surface area contributed by atoms with Crippen LogP contribution in [0.3, 0.4) is 0 Å². The molecule has 0 aliphatic heterocycles. The van der Waals surface area contributed by atoms with E-state index in [1.807, 2.05) is 6.92 Å². The van der Waals surface area contributed by atoms with Gasteiger partial charge in [0.15, 0.2) is 0 Å². The van der Waals surface area contributed by atoms with Gasteiger partial charge in [0.1, 0.15) is 0 Å². The molecule has 1 saturated carbocycles. The van der Waals surface area contributed by atoms with Crippen LogP contribution in [0.25, 0.3) is 0 Å². The fraction of sp³-hybridized carbons (Fsp3) is 0.800. The number of primary amides is 1. The molecule has 14 heavy (non-hydrogen) atoms. The van der Waals surface area contributed by atoms with Gasteiger partial charge in [0.05, 0.1) is 0 Å². The van der Waals surface area contributed by atoms with Gasteiger partial charge < -0.3 is 11.1 Å². The fourth-order valence-electron chi connectivity index (χ4n) is 2.12. The van der Waals surface area contributed by atoms with Gasteiger partial charge in [0, 0.05) is 18.4 Å². The Kier molecular flexibility index (Phi) is 3.49. The van der Waals surface area contributed by atoms with Crippen molar-refractivity contribution in [2.45, 2.75) is 51.0 Å². The predicted octanol–water partition coefficient (Wildman–Crippen LogP) is 0.701. The summed E-state index contributed by atoms with van der Waals surface area (Å²) in [6, 6.07) is 0. The molecule has 2 amide bonds. The van der Waals surface area contributed by atoms with Gasteiger partial charge in [-0.05, 0) is 12.8 Å². The van der Waals surface area contributed by atoms with Crippen molar-refractivity contribution >= 4 is 11.8 Å². The van der Waals surface area contributed by atoms with Crippen molar-refractivity contribution < 1.29 is 9.59 Å². The highest BCUT2D eigenvalue weighted by Crippen LogP contribution is 2.32. The van der Waals surface area contributed by atoms with E-state index in [2.05, 4.69) is 5.32 Å². The Labute approximate surface area is 84.2 Å². The summed E-state index contributed by atoms with van der Waals surface area (Å²) in [5.41, 5.74) is 4.85. The molecule has 3 N–H and O–H groups in total. The topological polar surface area (TPSA) is 72.2 Å². The zero-order valence-corrected chi connectivity index (χ0v) is 8.64. The van der Waals surface area contributed by atoms with E-state index in [1.165, 1.54) is 0 Å². The van der Waals surface area contributed by atoms with E-state index >= 15 is 0 Å². The van der Waals surface area contributed by atoms with Gasteiger partial charge in [0.2, 0.25) is 11.8 Å². The van der Waals surface area contributed by atoms with E-state index in [-0.39, 0.29) is 23.8 Å². The largest absolute Gasteiger partial charge is 0.370 e. The summed E-state index contributed by atoms with van der Waals surface area (Å²) in [6.45, 7) is 1.81. The standard InChI is InChI=1S/C10H18N2O2/c1-2-9(14)12-10(7-8(11)13)5-3-4-6-10/h2-7H2,1H3,(H2,11,13)(H,12,14). The Hall–Kier alpha value is -1.06. The average Bonchev–Trinajstić information content (AvgIpc) is 2.51. The molecule has 1 rings (SSSR count). The van der Waals surface area contributed by atoms with Crippen molar-refractivity contribution in [3.05, 3.63) is 0 Å². The number of rotatable bonds is 4. The first kappa shape index (κ1) is 11.0. The summed E-state index contributed by atoms with van der Waals surface area (Å²) in [4.78, 5) is 22.2. The molecule has 0 bridgehead atoms. The van der Waals surface area contributed by atoms with Crippen LogP contribution in [0.4, 0.5) is 0 Å². The lowest BCUT2D eigenvalue weighted by Gasteiger charge is -2.28. The van der Waals surface area contributed by atoms with E-state index in [9.17, 15) is 9.59 Å². The quantitative estimate of drug-likeness (QED) is 0.698. The second-order valence-electron chi connectivity index (χ2n) is 4.03. The van der Waals surface area contributed by atoms with Crippen LogP contribution < -0.4 is 11.1 Å². The molecule has 0 aromatic rings. The molecule has 1 aliphatic carbocycles. The highest BCUT2D eigenvalue weighted by Gasteiger charge is 2.36. The fourth-order valence-corrected chi connectivity index (χ4v) is 2.12. The van der Waals surface area contributed by atoms with E-state index in [4.69, 9.17) is 5.73 Å². The summed E-state index contributed by atoms with van der Waals surface area (Å²) in [5, 5.41) is 2.93. The first-order valence-electron chi connectivity index (χ1n) is 5.17. The number of hydrogen-bond donors (Lipinski definition) is 2. The smallest absolute Gasteiger partial charge is 0.220 e. The van der Waals surface area contributed by atoms with Crippen LogP contribution in [0.1, 0.15) is 45.4 Å². The monoisotopic (exact) mass is 198 g/mol. The highest BCUT2D eigenvalue weighted by molar-refractivity contribution is 5.79. The number of carbonyl (C=O) groups excluding carboxylic acids is 2. The summed E-state index contributed by atoms with van der Waals surface area (Å²) in [6.07, 6.45) is 4.62. The van der Waals surface area contributed by atoms with Crippen molar-refractivity contribution in [3.8, 4) is 0 Å². The molecule has 80 valence electrons. The Morgan fingerprint density at radius 2 is 1.93 bits per heavy atom. The Morgan fingerprint density at radius 3 is 2.36 bits per heavy atom. The van der Waals surface area contributed by atoms with Gasteiger partial charge in [-0.2, -0.15) is 0 Å². The van der Waals surface area contributed by atoms with Crippen LogP contribution >= 0.6 is 0 Å². The minimum Gasteiger partial charge on any atom is -0.370 e. The van der Waals surface area contributed by atoms with Gasteiger partial charge in [-0.15, -0.1) is 0 Å². The average molecular weight is 198 g/mol. The minimum atomic E-state index is -0.334. The number of carbonyl (C=O) groups is 2. The van der Waals surface area contributed by atoms with Crippen molar-refractivity contribution in [2.24, 2.45) is 5.73 Å². The third-order valence-corrected chi connectivity index (χ3v) is 2.80. The SMILES string of the molecule is CCC(=O)NC1(CC(N)=O)CCCC1. The number of amides is 2. The van der Waals surface area contributed by atoms with Crippen LogP contribution in [0.2, 0.25) is 0 Å². The number of nitrogens with one attached hydrogen (secondary N) is 1. The maximum atomic E-state index is 11.3. The molecule has 0 unspecified atom stereocenters. The molecule has 1 aliphatic rings. The summed E-state index contributed by atoms with van der Waals surface area (Å²) in [7, 11) is 0. The van der Waals surface area contributed by atoms with Gasteiger partial charge in [-0.3, -0.25) is 9.59 Å². The Morgan fingerprint density at radius 1 is 1.36 bits per heavy atom. The lowest BCUT2D eigenvalue weighted by molar-refractivity contribution is -0.124. The molecule has 0 aromatic heterocycles. The van der Waals surface area contributed by atoms with Crippen LogP contribution in [0, 0.1) is 0 Å². The first-order valence-corrected chi connectivity index (χ1v) is 5.17. The maximum absolute atomic E-state index is 11.3. The number of hydrogen-bond acceptors (Lipinski definition) is 2. The van der Waals surface area contributed by atoms with Crippen LogP contribution in [0.15, 0.2) is 0 Å². The lowest BCUT2D eigenvalue weighted by atomic mass is 9.92. The molecule has 0 radical (unpaired) electrons. The number of nitrogens with two attached hydrogens (primary N) is 1. The van der Waals surface area contributed by atoms with Crippen molar-refractivity contribution in [1.29, 1.82) is 0 Å². The first-order chi connectivity index (χ1) is 6.58. The third kappa shape index (κ3) is 2.72. The molecule has 4 nitrogen and oxygen atoms in total. The van der Waals surface area contributed by atoms with Crippen LogP contribution in [-0.4, -0.2) is 17.4 Å². The molecule has 1 fully saturated rings. The second kappa shape index (κ2) is 4.44. The molecule has 0 atom stereocenters. The summed E-state index contributed by atoms with van der Waals surface area (Å²) >= 11 is 0. The van der Waals surface area contributed by atoms with E-state index in [1.54, 1.807) is 0 Å². The molecule has 4 heteroatoms. The van der Waals surface area contributed by atoms with Gasteiger partial charge >= 0.3 is 0 Å². The molecular formula is C10H18N2O2.